The van der Waals surface area contributed by atoms with Gasteiger partial charge in [-0.25, -0.2) is 0 Å². The molecule has 2 rings (SSSR count). The van der Waals surface area contributed by atoms with Crippen LogP contribution in [0.15, 0.2) is 18.2 Å². The molecule has 5 heteroatoms. The highest BCUT2D eigenvalue weighted by molar-refractivity contribution is 5.93. The minimum atomic E-state index is -0.965. The molecule has 0 aliphatic carbocycles. The first-order valence-corrected chi connectivity index (χ1v) is 5.84. The summed E-state index contributed by atoms with van der Waals surface area (Å²) in [5, 5.41) is 11.4. The van der Waals surface area contributed by atoms with E-state index < -0.39 is 11.9 Å². The number of carbonyl (C=O) groups excluding carboxylic acids is 1. The Balaban J connectivity index is 1.97. The predicted octanol–water partition coefficient (Wildman–Crippen LogP) is 1.67. The summed E-state index contributed by atoms with van der Waals surface area (Å²) in [4.78, 5) is 22.3. The Morgan fingerprint density at radius 1 is 1.50 bits per heavy atom. The van der Waals surface area contributed by atoms with Crippen molar-refractivity contribution in [3.05, 3.63) is 23.8 Å². The molecule has 1 aliphatic rings. The minimum Gasteiger partial charge on any atom is -0.493 e. The second-order valence-corrected chi connectivity index (χ2v) is 4.41. The van der Waals surface area contributed by atoms with E-state index in [1.807, 2.05) is 12.1 Å². The summed E-state index contributed by atoms with van der Waals surface area (Å²) in [5.74, 6) is -1.08. The molecule has 18 heavy (non-hydrogen) atoms. The van der Waals surface area contributed by atoms with E-state index >= 15 is 0 Å². The molecule has 0 spiro atoms. The number of hydrogen-bond acceptors (Lipinski definition) is 3. The highest BCUT2D eigenvalue weighted by Gasteiger charge is 2.17. The van der Waals surface area contributed by atoms with E-state index in [1.165, 1.54) is 6.92 Å². The largest absolute Gasteiger partial charge is 0.493 e. The number of aliphatic carboxylic acids is 1. The van der Waals surface area contributed by atoms with Crippen LogP contribution in [0.1, 0.15) is 18.9 Å². The van der Waals surface area contributed by atoms with Gasteiger partial charge in [-0.3, -0.25) is 9.59 Å². The fourth-order valence-electron chi connectivity index (χ4n) is 1.84. The van der Waals surface area contributed by atoms with Gasteiger partial charge in [0.05, 0.1) is 12.5 Å². The zero-order chi connectivity index (χ0) is 13.1. The lowest BCUT2D eigenvalue weighted by molar-refractivity contribution is -0.142. The van der Waals surface area contributed by atoms with Crippen molar-refractivity contribution in [1.82, 2.24) is 0 Å². The molecule has 1 atom stereocenters. The van der Waals surface area contributed by atoms with Crippen LogP contribution in [-0.4, -0.2) is 23.6 Å². The average molecular weight is 249 g/mol. The van der Waals surface area contributed by atoms with Crippen molar-refractivity contribution in [3.63, 3.8) is 0 Å². The Morgan fingerprint density at radius 2 is 2.28 bits per heavy atom. The molecule has 0 aromatic heterocycles. The van der Waals surface area contributed by atoms with Gasteiger partial charge >= 0.3 is 5.97 Å². The van der Waals surface area contributed by atoms with Gasteiger partial charge in [0.2, 0.25) is 5.91 Å². The van der Waals surface area contributed by atoms with Crippen molar-refractivity contribution in [2.45, 2.75) is 19.8 Å². The van der Waals surface area contributed by atoms with Crippen LogP contribution < -0.4 is 10.1 Å². The number of ether oxygens (including phenoxy) is 1. The van der Waals surface area contributed by atoms with Gasteiger partial charge in [0.15, 0.2) is 0 Å². The van der Waals surface area contributed by atoms with Gasteiger partial charge in [0, 0.05) is 18.5 Å². The molecule has 1 aromatic carbocycles. The Morgan fingerprint density at radius 3 is 3.00 bits per heavy atom. The Bertz CT molecular complexity index is 484. The van der Waals surface area contributed by atoms with Gasteiger partial charge < -0.3 is 15.2 Å². The molecule has 0 saturated carbocycles. The standard InChI is InChI=1S/C13H15NO4/c1-8(13(16)17)6-12(15)14-10-2-3-11-9(7-10)4-5-18-11/h2-3,7-8H,4-6H2,1H3,(H,14,15)(H,16,17). The van der Waals surface area contributed by atoms with Gasteiger partial charge in [0.1, 0.15) is 5.75 Å². The first kappa shape index (κ1) is 12.4. The normalized spacial score (nSPS) is 14.5. The number of carboxylic acid groups (broad SMARTS) is 1. The predicted molar refractivity (Wildman–Crippen MR) is 65.7 cm³/mol. The molecule has 1 aromatic rings. The number of nitrogens with one attached hydrogen (secondary N) is 1. The van der Waals surface area contributed by atoms with Crippen LogP contribution in [0.5, 0.6) is 5.75 Å². The molecule has 0 saturated heterocycles. The van der Waals surface area contributed by atoms with Crippen LogP contribution in [0.3, 0.4) is 0 Å². The van der Waals surface area contributed by atoms with Gasteiger partial charge in [-0.05, 0) is 23.8 Å². The zero-order valence-electron chi connectivity index (χ0n) is 10.1. The number of fused-ring (bicyclic) bond motifs is 1. The molecule has 2 N–H and O–H groups in total. The molecule has 96 valence electrons. The summed E-state index contributed by atoms with van der Waals surface area (Å²) in [6.07, 6.45) is 0.813. The van der Waals surface area contributed by atoms with Gasteiger partial charge in [-0.1, -0.05) is 6.92 Å². The molecular weight excluding hydrogens is 234 g/mol. The van der Waals surface area contributed by atoms with Gasteiger partial charge in [-0.2, -0.15) is 0 Å². The van der Waals surface area contributed by atoms with Gasteiger partial charge in [-0.15, -0.1) is 0 Å². The van der Waals surface area contributed by atoms with Crippen molar-refractivity contribution in [2.75, 3.05) is 11.9 Å². The number of carbonyl (C=O) groups is 2. The summed E-state index contributed by atoms with van der Waals surface area (Å²) in [5.41, 5.74) is 1.75. The molecule has 0 bridgehead atoms. The number of hydrogen-bond donors (Lipinski definition) is 2. The molecule has 0 fully saturated rings. The second-order valence-electron chi connectivity index (χ2n) is 4.41. The molecule has 5 nitrogen and oxygen atoms in total. The third-order valence-corrected chi connectivity index (χ3v) is 2.89. The molecule has 1 heterocycles. The number of benzene rings is 1. The fraction of sp³-hybridized carbons (Fsp3) is 0.385. The van der Waals surface area contributed by atoms with E-state index in [0.29, 0.717) is 12.3 Å². The molecule has 1 aliphatic heterocycles. The van der Waals surface area contributed by atoms with E-state index in [1.54, 1.807) is 6.07 Å². The fourth-order valence-corrected chi connectivity index (χ4v) is 1.84. The topological polar surface area (TPSA) is 75.6 Å². The maximum absolute atomic E-state index is 11.6. The summed E-state index contributed by atoms with van der Waals surface area (Å²) in [6, 6.07) is 5.44. The van der Waals surface area contributed by atoms with E-state index in [4.69, 9.17) is 9.84 Å². The quantitative estimate of drug-likeness (QED) is 0.851. The van der Waals surface area contributed by atoms with Gasteiger partial charge in [0.25, 0.3) is 0 Å². The van der Waals surface area contributed by atoms with Crippen molar-refractivity contribution < 1.29 is 19.4 Å². The second kappa shape index (κ2) is 5.08. The van der Waals surface area contributed by atoms with Crippen molar-refractivity contribution in [3.8, 4) is 5.75 Å². The Hall–Kier alpha value is -2.04. The molecule has 1 amide bonds. The summed E-state index contributed by atoms with van der Waals surface area (Å²) in [6.45, 7) is 2.18. The number of anilines is 1. The third kappa shape index (κ3) is 2.80. The van der Waals surface area contributed by atoms with E-state index in [-0.39, 0.29) is 12.3 Å². The number of amides is 1. The summed E-state index contributed by atoms with van der Waals surface area (Å²) < 4.78 is 5.36. The SMILES string of the molecule is CC(CC(=O)Nc1ccc2c(c1)CCO2)C(=O)O. The molecule has 0 radical (unpaired) electrons. The highest BCUT2D eigenvalue weighted by atomic mass is 16.5. The smallest absolute Gasteiger partial charge is 0.306 e. The van der Waals surface area contributed by atoms with Crippen molar-refractivity contribution >= 4 is 17.6 Å². The lowest BCUT2D eigenvalue weighted by Crippen LogP contribution is -2.19. The van der Waals surface area contributed by atoms with Crippen molar-refractivity contribution in [1.29, 1.82) is 0 Å². The number of carboxylic acids is 1. The lowest BCUT2D eigenvalue weighted by atomic mass is 10.1. The maximum Gasteiger partial charge on any atom is 0.306 e. The lowest BCUT2D eigenvalue weighted by Gasteiger charge is -2.08. The monoisotopic (exact) mass is 249 g/mol. The molecular formula is C13H15NO4. The van der Waals surface area contributed by atoms with Crippen LogP contribution in [0.25, 0.3) is 0 Å². The Labute approximate surface area is 105 Å². The van der Waals surface area contributed by atoms with Crippen LogP contribution in [-0.2, 0) is 16.0 Å². The van der Waals surface area contributed by atoms with Crippen LogP contribution in [0.2, 0.25) is 0 Å². The third-order valence-electron chi connectivity index (χ3n) is 2.89. The molecule has 1 unspecified atom stereocenters. The van der Waals surface area contributed by atoms with Crippen LogP contribution in [0, 0.1) is 5.92 Å². The number of rotatable bonds is 4. The van der Waals surface area contributed by atoms with Crippen LogP contribution in [0.4, 0.5) is 5.69 Å². The zero-order valence-corrected chi connectivity index (χ0v) is 10.1. The highest BCUT2D eigenvalue weighted by Crippen LogP contribution is 2.27. The average Bonchev–Trinajstić information content (AvgIpc) is 2.75. The first-order valence-electron chi connectivity index (χ1n) is 5.84. The summed E-state index contributed by atoms with van der Waals surface area (Å²) >= 11 is 0. The Kier molecular flexibility index (Phi) is 3.50. The van der Waals surface area contributed by atoms with E-state index in [9.17, 15) is 9.59 Å². The van der Waals surface area contributed by atoms with Crippen molar-refractivity contribution in [2.24, 2.45) is 5.92 Å². The minimum absolute atomic E-state index is 0.0249. The summed E-state index contributed by atoms with van der Waals surface area (Å²) in [7, 11) is 0. The maximum atomic E-state index is 11.6. The van der Waals surface area contributed by atoms with E-state index in [2.05, 4.69) is 5.32 Å². The van der Waals surface area contributed by atoms with E-state index in [0.717, 1.165) is 17.7 Å². The van der Waals surface area contributed by atoms with Crippen LogP contribution >= 0.6 is 0 Å². The first-order chi connectivity index (χ1) is 8.56.